The molecule has 2 aromatic rings. The molecule has 1 heterocycles. The van der Waals surface area contributed by atoms with Crippen molar-refractivity contribution in [3.63, 3.8) is 0 Å². The summed E-state index contributed by atoms with van der Waals surface area (Å²) in [5.74, 6) is -2.84. The topological polar surface area (TPSA) is 122 Å². The van der Waals surface area contributed by atoms with Crippen LogP contribution in [0.4, 0.5) is 10.7 Å². The lowest BCUT2D eigenvalue weighted by atomic mass is 9.82. The molecule has 2 aliphatic carbocycles. The Kier molecular flexibility index (Phi) is 8.94. The number of rotatable bonds is 8. The second kappa shape index (κ2) is 12.2. The van der Waals surface area contributed by atoms with Gasteiger partial charge in [-0.15, -0.1) is 23.1 Å². The molecule has 0 aliphatic heterocycles. The Morgan fingerprint density at radius 1 is 1.13 bits per heavy atom. The summed E-state index contributed by atoms with van der Waals surface area (Å²) in [5, 5.41) is 15.3. The molecule has 8 nitrogen and oxygen atoms in total. The summed E-state index contributed by atoms with van der Waals surface area (Å²) in [5.41, 5.74) is 1.99. The van der Waals surface area contributed by atoms with Crippen LogP contribution in [0.1, 0.15) is 53.9 Å². The number of anilines is 2. The normalized spacial score (nSPS) is 21.2. The maximum Gasteiger partial charge on any atom is 0.341 e. The number of esters is 1. The number of carbonyl (C=O) groups excluding carboxylic acids is 3. The van der Waals surface area contributed by atoms with Crippen molar-refractivity contribution in [1.29, 1.82) is 0 Å². The first kappa shape index (κ1) is 27.9. The van der Waals surface area contributed by atoms with Crippen LogP contribution in [0.5, 0.6) is 0 Å². The molecule has 0 saturated heterocycles. The van der Waals surface area contributed by atoms with Gasteiger partial charge in [0.2, 0.25) is 11.8 Å². The van der Waals surface area contributed by atoms with E-state index >= 15 is 0 Å². The van der Waals surface area contributed by atoms with Crippen LogP contribution in [0, 0.1) is 17.8 Å². The van der Waals surface area contributed by atoms with Crippen LogP contribution >= 0.6 is 23.1 Å². The molecule has 4 rings (SSSR count). The molecule has 0 saturated carbocycles. The predicted molar refractivity (Wildman–Crippen MR) is 149 cm³/mol. The van der Waals surface area contributed by atoms with Crippen LogP contribution in [-0.2, 0) is 32.0 Å². The van der Waals surface area contributed by atoms with E-state index in [1.807, 2.05) is 12.1 Å². The fourth-order valence-electron chi connectivity index (χ4n) is 4.89. The lowest BCUT2D eigenvalue weighted by molar-refractivity contribution is -0.146. The second-order valence-electron chi connectivity index (χ2n) is 9.81. The van der Waals surface area contributed by atoms with Gasteiger partial charge in [0.1, 0.15) is 5.00 Å². The number of allylic oxidation sites excluding steroid dienone is 2. The Morgan fingerprint density at radius 3 is 2.58 bits per heavy atom. The third-order valence-corrected chi connectivity index (χ3v) is 9.27. The molecule has 4 atom stereocenters. The minimum atomic E-state index is -0.977. The van der Waals surface area contributed by atoms with E-state index in [1.165, 1.54) is 30.2 Å². The predicted octanol–water partition coefficient (Wildman–Crippen LogP) is 5.38. The lowest BCUT2D eigenvalue weighted by Gasteiger charge is -2.24. The van der Waals surface area contributed by atoms with Crippen LogP contribution in [0.25, 0.3) is 0 Å². The number of aliphatic carboxylic acids is 1. The van der Waals surface area contributed by atoms with Crippen LogP contribution in [0.2, 0.25) is 0 Å². The summed E-state index contributed by atoms with van der Waals surface area (Å²) in [6.45, 7) is 3.97. The van der Waals surface area contributed by atoms with E-state index in [1.54, 1.807) is 31.2 Å². The third kappa shape index (κ3) is 6.30. The maximum absolute atomic E-state index is 13.1. The molecular formula is C28H32N2O6S2. The monoisotopic (exact) mass is 556 g/mol. The second-order valence-corrected chi connectivity index (χ2v) is 12.3. The first-order valence-corrected chi connectivity index (χ1v) is 14.4. The van der Waals surface area contributed by atoms with E-state index in [9.17, 15) is 24.3 Å². The molecule has 202 valence electrons. The smallest absolute Gasteiger partial charge is 0.341 e. The number of thioether (sulfide) groups is 1. The van der Waals surface area contributed by atoms with Gasteiger partial charge in [-0.3, -0.25) is 14.4 Å². The SMILES string of the molecule is COC(=O)c1c(NC(=O)C(C)Sc2cccc(NC(=O)C3CC=CCC3C(=O)O)c2)sc2c1CCC(C)C2. The number of carbonyl (C=O) groups is 4. The number of carboxylic acid groups (broad SMARTS) is 1. The highest BCUT2D eigenvalue weighted by Gasteiger charge is 2.34. The zero-order valence-corrected chi connectivity index (χ0v) is 23.2. The van der Waals surface area contributed by atoms with Crippen molar-refractivity contribution in [2.45, 2.75) is 56.1 Å². The van der Waals surface area contributed by atoms with Gasteiger partial charge in [0.25, 0.3) is 0 Å². The number of carboxylic acids is 1. The first-order valence-electron chi connectivity index (χ1n) is 12.7. The number of fused-ring (bicyclic) bond motifs is 1. The molecule has 0 spiro atoms. The number of benzene rings is 1. The van der Waals surface area contributed by atoms with Crippen LogP contribution in [0.3, 0.4) is 0 Å². The number of ether oxygens (including phenoxy) is 1. The summed E-state index contributed by atoms with van der Waals surface area (Å²) in [7, 11) is 1.35. The molecule has 38 heavy (non-hydrogen) atoms. The molecule has 2 aliphatic rings. The van der Waals surface area contributed by atoms with Gasteiger partial charge in [-0.1, -0.05) is 25.1 Å². The van der Waals surface area contributed by atoms with Gasteiger partial charge in [0, 0.05) is 15.5 Å². The Morgan fingerprint density at radius 2 is 1.87 bits per heavy atom. The van der Waals surface area contributed by atoms with Gasteiger partial charge in [-0.25, -0.2) is 4.79 Å². The molecule has 0 fully saturated rings. The highest BCUT2D eigenvalue weighted by atomic mass is 32.2. The Bertz CT molecular complexity index is 1270. The minimum Gasteiger partial charge on any atom is -0.481 e. The zero-order valence-electron chi connectivity index (χ0n) is 21.6. The van der Waals surface area contributed by atoms with E-state index in [2.05, 4.69) is 17.6 Å². The van der Waals surface area contributed by atoms with Gasteiger partial charge in [-0.05, 0) is 68.7 Å². The lowest BCUT2D eigenvalue weighted by Crippen LogP contribution is -2.34. The van der Waals surface area contributed by atoms with Crippen molar-refractivity contribution in [3.8, 4) is 0 Å². The third-order valence-electron chi connectivity index (χ3n) is 7.01. The summed E-state index contributed by atoms with van der Waals surface area (Å²) < 4.78 is 5.01. The number of hydrogen-bond acceptors (Lipinski definition) is 7. The molecule has 3 N–H and O–H groups in total. The Labute approximate surface area is 230 Å². The number of nitrogens with one attached hydrogen (secondary N) is 2. The maximum atomic E-state index is 13.1. The minimum absolute atomic E-state index is 0.237. The average molecular weight is 557 g/mol. The van der Waals surface area contributed by atoms with Gasteiger partial charge in [-0.2, -0.15) is 0 Å². The Hall–Kier alpha value is -3.11. The van der Waals surface area contributed by atoms with E-state index in [0.29, 0.717) is 35.0 Å². The largest absolute Gasteiger partial charge is 0.481 e. The number of amides is 2. The molecule has 0 radical (unpaired) electrons. The van der Waals surface area contributed by atoms with E-state index in [0.717, 1.165) is 34.6 Å². The van der Waals surface area contributed by atoms with Gasteiger partial charge in [0.15, 0.2) is 0 Å². The van der Waals surface area contributed by atoms with Crippen molar-refractivity contribution in [1.82, 2.24) is 0 Å². The van der Waals surface area contributed by atoms with Crippen molar-refractivity contribution in [2.24, 2.45) is 17.8 Å². The van der Waals surface area contributed by atoms with E-state index in [4.69, 9.17) is 4.74 Å². The molecule has 10 heteroatoms. The van der Waals surface area contributed by atoms with Gasteiger partial charge in [0.05, 0.1) is 29.8 Å². The van der Waals surface area contributed by atoms with Crippen molar-refractivity contribution in [3.05, 3.63) is 52.4 Å². The Balaban J connectivity index is 1.43. The summed E-state index contributed by atoms with van der Waals surface area (Å²) in [6.07, 6.45) is 7.02. The number of hydrogen-bond donors (Lipinski definition) is 3. The zero-order chi connectivity index (χ0) is 27.4. The fourth-order valence-corrected chi connectivity index (χ4v) is 7.22. The molecule has 1 aromatic heterocycles. The van der Waals surface area contributed by atoms with Gasteiger partial charge >= 0.3 is 11.9 Å². The number of methoxy groups -OCH3 is 1. The van der Waals surface area contributed by atoms with Crippen LogP contribution in [-0.4, -0.2) is 41.2 Å². The van der Waals surface area contributed by atoms with Crippen molar-refractivity contribution < 1.29 is 29.0 Å². The van der Waals surface area contributed by atoms with Gasteiger partial charge < -0.3 is 20.5 Å². The molecule has 0 bridgehead atoms. The van der Waals surface area contributed by atoms with Crippen LogP contribution < -0.4 is 10.6 Å². The summed E-state index contributed by atoms with van der Waals surface area (Å²) >= 11 is 2.78. The van der Waals surface area contributed by atoms with Crippen molar-refractivity contribution >= 4 is 57.5 Å². The highest BCUT2D eigenvalue weighted by Crippen LogP contribution is 2.40. The molecule has 4 unspecified atom stereocenters. The van der Waals surface area contributed by atoms with E-state index < -0.39 is 29.0 Å². The van der Waals surface area contributed by atoms with E-state index in [-0.39, 0.29) is 11.8 Å². The standard InChI is InChI=1S/C28H32N2O6S2/c1-15-11-12-21-22(13-15)38-26(23(21)28(35)36-3)30-24(31)16(2)37-18-8-6-7-17(14-18)29-25(32)19-9-4-5-10-20(19)27(33)34/h4-8,14-16,19-20H,9-13H2,1-3H3,(H,29,32)(H,30,31)(H,33,34). The molecular weight excluding hydrogens is 524 g/mol. The molecule has 2 amide bonds. The first-order chi connectivity index (χ1) is 18.2. The summed E-state index contributed by atoms with van der Waals surface area (Å²) in [4.78, 5) is 51.9. The van der Waals surface area contributed by atoms with Crippen LogP contribution in [0.15, 0.2) is 41.3 Å². The quantitative estimate of drug-likeness (QED) is 0.227. The average Bonchev–Trinajstić information content (AvgIpc) is 3.24. The van der Waals surface area contributed by atoms with Crippen molar-refractivity contribution in [2.75, 3.05) is 17.7 Å². The summed E-state index contributed by atoms with van der Waals surface area (Å²) in [6, 6.07) is 7.13. The fraction of sp³-hybridized carbons (Fsp3) is 0.429. The highest BCUT2D eigenvalue weighted by molar-refractivity contribution is 8.00. The molecule has 1 aromatic carbocycles. The number of thiophene rings is 1.